The number of primary amides is 1. The molecule has 0 aliphatic heterocycles. The number of amides is 2. The Bertz CT molecular complexity index is 1050. The first kappa shape index (κ1) is 22.2. The molecule has 0 aliphatic rings. The highest BCUT2D eigenvalue weighted by atomic mass is 35.5. The first-order valence-electron chi connectivity index (χ1n) is 9.25. The Labute approximate surface area is 183 Å². The highest BCUT2D eigenvalue weighted by molar-refractivity contribution is 6.32. The van der Waals surface area contributed by atoms with Crippen LogP contribution in [0.5, 0.6) is 11.5 Å². The molecule has 2 amide bonds. The smallest absolute Gasteiger partial charge is 0.255 e. The average Bonchev–Trinajstić information content (AvgIpc) is 3.26. The fraction of sp³-hybridized carbons (Fsp3) is 0.182. The SMILES string of the molecule is COc1cc(C(=O)Nc2cccc(COCc3ccco3)c2)cc(Cl)c1OCC(N)=O. The molecule has 0 fully saturated rings. The van der Waals surface area contributed by atoms with Crippen LogP contribution in [-0.2, 0) is 22.7 Å². The Morgan fingerprint density at radius 2 is 1.97 bits per heavy atom. The third-order valence-corrected chi connectivity index (χ3v) is 4.41. The Hall–Kier alpha value is -3.49. The van der Waals surface area contributed by atoms with E-state index in [1.165, 1.54) is 19.2 Å². The van der Waals surface area contributed by atoms with Crippen LogP contribution in [0.3, 0.4) is 0 Å². The van der Waals surface area contributed by atoms with Gasteiger partial charge in [-0.15, -0.1) is 0 Å². The molecule has 1 heterocycles. The van der Waals surface area contributed by atoms with Crippen molar-refractivity contribution in [3.63, 3.8) is 0 Å². The lowest BCUT2D eigenvalue weighted by atomic mass is 10.1. The van der Waals surface area contributed by atoms with E-state index >= 15 is 0 Å². The van der Waals surface area contributed by atoms with Crippen molar-refractivity contribution in [1.29, 1.82) is 0 Å². The average molecular weight is 445 g/mol. The van der Waals surface area contributed by atoms with Gasteiger partial charge in [-0.05, 0) is 42.0 Å². The van der Waals surface area contributed by atoms with E-state index in [9.17, 15) is 9.59 Å². The van der Waals surface area contributed by atoms with E-state index in [2.05, 4.69) is 5.32 Å². The van der Waals surface area contributed by atoms with Gasteiger partial charge in [0.2, 0.25) is 0 Å². The van der Waals surface area contributed by atoms with Gasteiger partial charge in [-0.25, -0.2) is 0 Å². The van der Waals surface area contributed by atoms with Gasteiger partial charge in [0.15, 0.2) is 18.1 Å². The number of anilines is 1. The second-order valence-corrected chi connectivity index (χ2v) is 6.88. The van der Waals surface area contributed by atoms with Crippen molar-refractivity contribution in [2.24, 2.45) is 5.73 Å². The number of benzene rings is 2. The van der Waals surface area contributed by atoms with Crippen LogP contribution in [0.15, 0.2) is 59.2 Å². The number of methoxy groups -OCH3 is 1. The maximum Gasteiger partial charge on any atom is 0.255 e. The van der Waals surface area contributed by atoms with Crippen LogP contribution in [0, 0.1) is 0 Å². The molecule has 3 rings (SSSR count). The zero-order chi connectivity index (χ0) is 22.2. The Kier molecular flexibility index (Phi) is 7.53. The lowest BCUT2D eigenvalue weighted by Crippen LogP contribution is -2.20. The quantitative estimate of drug-likeness (QED) is 0.492. The van der Waals surface area contributed by atoms with E-state index in [0.717, 1.165) is 11.3 Å². The van der Waals surface area contributed by atoms with Crippen molar-refractivity contribution in [3.8, 4) is 11.5 Å². The number of hydrogen-bond donors (Lipinski definition) is 2. The predicted molar refractivity (Wildman–Crippen MR) is 114 cm³/mol. The third-order valence-electron chi connectivity index (χ3n) is 4.13. The van der Waals surface area contributed by atoms with Gasteiger partial charge in [-0.3, -0.25) is 9.59 Å². The van der Waals surface area contributed by atoms with E-state index < -0.39 is 11.8 Å². The topological polar surface area (TPSA) is 113 Å². The van der Waals surface area contributed by atoms with Crippen LogP contribution in [0.2, 0.25) is 5.02 Å². The Morgan fingerprint density at radius 3 is 2.68 bits per heavy atom. The maximum atomic E-state index is 12.7. The normalized spacial score (nSPS) is 10.5. The van der Waals surface area contributed by atoms with Crippen LogP contribution in [0.25, 0.3) is 0 Å². The van der Waals surface area contributed by atoms with E-state index in [0.29, 0.717) is 18.9 Å². The van der Waals surface area contributed by atoms with Gasteiger partial charge in [-0.2, -0.15) is 0 Å². The molecule has 0 unspecified atom stereocenters. The number of furan rings is 1. The van der Waals surface area contributed by atoms with Gasteiger partial charge in [0.25, 0.3) is 11.8 Å². The van der Waals surface area contributed by atoms with Gasteiger partial charge in [0.05, 0.1) is 25.0 Å². The van der Waals surface area contributed by atoms with Crippen LogP contribution in [0.4, 0.5) is 5.69 Å². The lowest BCUT2D eigenvalue weighted by Gasteiger charge is -2.13. The highest BCUT2D eigenvalue weighted by Crippen LogP contribution is 2.36. The predicted octanol–water partition coefficient (Wildman–Crippen LogP) is 3.77. The highest BCUT2D eigenvalue weighted by Gasteiger charge is 2.17. The fourth-order valence-electron chi connectivity index (χ4n) is 2.74. The number of nitrogens with one attached hydrogen (secondary N) is 1. The molecule has 0 saturated carbocycles. The molecular weight excluding hydrogens is 424 g/mol. The molecule has 162 valence electrons. The van der Waals surface area contributed by atoms with Crippen molar-refractivity contribution in [3.05, 3.63) is 76.7 Å². The number of carbonyl (C=O) groups is 2. The summed E-state index contributed by atoms with van der Waals surface area (Å²) in [5.41, 5.74) is 6.82. The second-order valence-electron chi connectivity index (χ2n) is 6.47. The molecule has 0 aliphatic carbocycles. The second kappa shape index (κ2) is 10.5. The number of hydrogen-bond acceptors (Lipinski definition) is 6. The monoisotopic (exact) mass is 444 g/mol. The summed E-state index contributed by atoms with van der Waals surface area (Å²) in [6.07, 6.45) is 1.59. The van der Waals surface area contributed by atoms with Crippen molar-refractivity contribution in [2.75, 3.05) is 19.0 Å². The molecule has 0 saturated heterocycles. The molecule has 31 heavy (non-hydrogen) atoms. The van der Waals surface area contributed by atoms with Crippen LogP contribution < -0.4 is 20.5 Å². The van der Waals surface area contributed by atoms with Crippen molar-refractivity contribution < 1.29 is 28.2 Å². The first-order chi connectivity index (χ1) is 15.0. The number of ether oxygens (including phenoxy) is 3. The van der Waals surface area contributed by atoms with Gasteiger partial charge >= 0.3 is 0 Å². The number of rotatable bonds is 10. The van der Waals surface area contributed by atoms with Gasteiger partial charge in [0.1, 0.15) is 12.4 Å². The van der Waals surface area contributed by atoms with E-state index in [4.69, 9.17) is 36.0 Å². The largest absolute Gasteiger partial charge is 0.493 e. The summed E-state index contributed by atoms with van der Waals surface area (Å²) >= 11 is 6.21. The number of nitrogens with two attached hydrogens (primary N) is 1. The third kappa shape index (κ3) is 6.24. The van der Waals surface area contributed by atoms with Crippen LogP contribution in [-0.4, -0.2) is 25.5 Å². The Morgan fingerprint density at radius 1 is 1.13 bits per heavy atom. The first-order valence-corrected chi connectivity index (χ1v) is 9.63. The summed E-state index contributed by atoms with van der Waals surface area (Å²) in [4.78, 5) is 23.7. The maximum absolute atomic E-state index is 12.7. The lowest BCUT2D eigenvalue weighted by molar-refractivity contribution is -0.119. The summed E-state index contributed by atoms with van der Waals surface area (Å²) in [7, 11) is 1.40. The van der Waals surface area contributed by atoms with Crippen molar-refractivity contribution >= 4 is 29.1 Å². The van der Waals surface area contributed by atoms with Gasteiger partial charge < -0.3 is 29.7 Å². The van der Waals surface area contributed by atoms with Crippen LogP contribution in [0.1, 0.15) is 21.7 Å². The van der Waals surface area contributed by atoms with Crippen LogP contribution >= 0.6 is 11.6 Å². The molecule has 0 bridgehead atoms. The molecule has 1 aromatic heterocycles. The van der Waals surface area contributed by atoms with E-state index in [1.807, 2.05) is 24.3 Å². The minimum Gasteiger partial charge on any atom is -0.493 e. The van der Waals surface area contributed by atoms with Crippen molar-refractivity contribution in [1.82, 2.24) is 0 Å². The minimum absolute atomic E-state index is 0.117. The summed E-state index contributed by atoms with van der Waals surface area (Å²) in [5, 5.41) is 2.93. The van der Waals surface area contributed by atoms with Gasteiger partial charge in [0, 0.05) is 11.3 Å². The van der Waals surface area contributed by atoms with E-state index in [1.54, 1.807) is 18.4 Å². The molecule has 2 aromatic carbocycles. The summed E-state index contributed by atoms with van der Waals surface area (Å²) < 4.78 is 21.3. The summed E-state index contributed by atoms with van der Waals surface area (Å²) in [5.74, 6) is 0.0241. The summed E-state index contributed by atoms with van der Waals surface area (Å²) in [6.45, 7) is 0.346. The molecule has 3 N–H and O–H groups in total. The zero-order valence-corrected chi connectivity index (χ0v) is 17.5. The summed E-state index contributed by atoms with van der Waals surface area (Å²) in [6, 6.07) is 13.8. The molecule has 8 nitrogen and oxygen atoms in total. The fourth-order valence-corrected chi connectivity index (χ4v) is 3.01. The van der Waals surface area contributed by atoms with Gasteiger partial charge in [-0.1, -0.05) is 23.7 Å². The standard InChI is InChI=1S/C22H21ClN2O6/c1-28-19-10-15(9-18(23)21(19)31-13-20(24)26)22(27)25-16-5-2-4-14(8-16)11-29-12-17-6-3-7-30-17/h2-10H,11-13H2,1H3,(H2,24,26)(H,25,27). The Balaban J connectivity index is 1.66. The molecule has 9 heteroatoms. The molecule has 0 radical (unpaired) electrons. The molecule has 0 spiro atoms. The molecular formula is C22H21ClN2O6. The molecule has 3 aromatic rings. The minimum atomic E-state index is -0.659. The number of halogens is 1. The number of carbonyl (C=O) groups excluding carboxylic acids is 2. The van der Waals surface area contributed by atoms with E-state index in [-0.39, 0.29) is 28.7 Å². The zero-order valence-electron chi connectivity index (χ0n) is 16.7. The molecule has 0 atom stereocenters. The van der Waals surface area contributed by atoms with Crippen molar-refractivity contribution in [2.45, 2.75) is 13.2 Å².